The fraction of sp³-hybridized carbons (Fsp3) is 0.529. The predicted octanol–water partition coefficient (Wildman–Crippen LogP) is 1.77. The van der Waals surface area contributed by atoms with Crippen LogP contribution in [-0.2, 0) is 4.79 Å². The maximum absolute atomic E-state index is 12.4. The fourth-order valence-corrected chi connectivity index (χ4v) is 3.14. The van der Waals surface area contributed by atoms with E-state index in [0.717, 1.165) is 17.7 Å². The standard InChI is InChI=1S/C17H25N3O2S/c1-11(2)20-16(21)10-23-15-6-4-3-5-13(15)17(22)19-9-14(18)12-7-8-12/h3-6,11-12,14H,7-10,18H2,1-2H3,(H,19,22)(H,20,21). The third-order valence-electron chi connectivity index (χ3n) is 3.67. The Morgan fingerprint density at radius 3 is 2.65 bits per heavy atom. The van der Waals surface area contributed by atoms with Gasteiger partial charge in [0.1, 0.15) is 0 Å². The highest BCUT2D eigenvalue weighted by Crippen LogP contribution is 2.31. The lowest BCUT2D eigenvalue weighted by Crippen LogP contribution is -2.38. The molecule has 0 aromatic heterocycles. The molecule has 2 amide bonds. The minimum absolute atomic E-state index is 0.0315. The summed E-state index contributed by atoms with van der Waals surface area (Å²) in [4.78, 5) is 24.9. The summed E-state index contributed by atoms with van der Waals surface area (Å²) in [5.41, 5.74) is 6.61. The van der Waals surface area contributed by atoms with E-state index in [0.29, 0.717) is 23.8 Å². The Morgan fingerprint density at radius 1 is 1.30 bits per heavy atom. The minimum Gasteiger partial charge on any atom is -0.353 e. The van der Waals surface area contributed by atoms with Crippen LogP contribution >= 0.6 is 11.8 Å². The topological polar surface area (TPSA) is 84.2 Å². The average molecular weight is 335 g/mol. The average Bonchev–Trinajstić information content (AvgIpc) is 3.34. The lowest BCUT2D eigenvalue weighted by molar-refractivity contribution is -0.119. The molecule has 1 aliphatic carbocycles. The second kappa shape index (κ2) is 8.36. The molecule has 1 fully saturated rings. The second-order valence-corrected chi connectivity index (χ2v) is 7.24. The van der Waals surface area contributed by atoms with E-state index in [4.69, 9.17) is 5.73 Å². The van der Waals surface area contributed by atoms with Gasteiger partial charge in [-0.05, 0) is 44.7 Å². The van der Waals surface area contributed by atoms with E-state index in [9.17, 15) is 9.59 Å². The van der Waals surface area contributed by atoms with Gasteiger partial charge in [0.15, 0.2) is 0 Å². The minimum atomic E-state index is -0.131. The molecular formula is C17H25N3O2S. The Morgan fingerprint density at radius 2 is 2.00 bits per heavy atom. The van der Waals surface area contributed by atoms with Gasteiger partial charge in [-0.2, -0.15) is 0 Å². The van der Waals surface area contributed by atoms with E-state index in [-0.39, 0.29) is 23.9 Å². The van der Waals surface area contributed by atoms with Crippen LogP contribution in [0.4, 0.5) is 0 Å². The van der Waals surface area contributed by atoms with Crippen LogP contribution in [0.15, 0.2) is 29.2 Å². The number of nitrogens with two attached hydrogens (primary N) is 1. The largest absolute Gasteiger partial charge is 0.353 e. The van der Waals surface area contributed by atoms with Gasteiger partial charge in [0.25, 0.3) is 5.91 Å². The predicted molar refractivity (Wildman–Crippen MR) is 93.5 cm³/mol. The molecule has 1 saturated carbocycles. The molecule has 6 heteroatoms. The fourth-order valence-electron chi connectivity index (χ4n) is 2.28. The first-order valence-electron chi connectivity index (χ1n) is 8.02. The molecule has 0 spiro atoms. The molecule has 1 atom stereocenters. The van der Waals surface area contributed by atoms with Gasteiger partial charge in [-0.15, -0.1) is 11.8 Å². The summed E-state index contributed by atoms with van der Waals surface area (Å²) in [6, 6.07) is 7.49. The SMILES string of the molecule is CC(C)NC(=O)CSc1ccccc1C(=O)NCC(N)C1CC1. The molecule has 2 rings (SSSR count). The first-order valence-corrected chi connectivity index (χ1v) is 9.01. The summed E-state index contributed by atoms with van der Waals surface area (Å²) in [5.74, 6) is 0.688. The molecule has 5 nitrogen and oxygen atoms in total. The summed E-state index contributed by atoms with van der Waals surface area (Å²) in [6.07, 6.45) is 2.32. The summed E-state index contributed by atoms with van der Waals surface area (Å²) < 4.78 is 0. The molecule has 0 bridgehead atoms. The Bertz CT molecular complexity index is 559. The number of nitrogens with one attached hydrogen (secondary N) is 2. The van der Waals surface area contributed by atoms with Crippen molar-refractivity contribution in [2.75, 3.05) is 12.3 Å². The normalized spacial score (nSPS) is 15.3. The monoisotopic (exact) mass is 335 g/mol. The third-order valence-corrected chi connectivity index (χ3v) is 4.74. The van der Waals surface area contributed by atoms with E-state index in [1.165, 1.54) is 11.8 Å². The number of carbonyl (C=O) groups is 2. The van der Waals surface area contributed by atoms with Crippen LogP contribution in [-0.4, -0.2) is 36.2 Å². The zero-order valence-corrected chi connectivity index (χ0v) is 14.5. The Labute approximate surface area is 141 Å². The highest BCUT2D eigenvalue weighted by atomic mass is 32.2. The van der Waals surface area contributed by atoms with Crippen LogP contribution in [0.1, 0.15) is 37.0 Å². The van der Waals surface area contributed by atoms with Crippen LogP contribution in [0.2, 0.25) is 0 Å². The van der Waals surface area contributed by atoms with Crippen molar-refractivity contribution in [1.82, 2.24) is 10.6 Å². The highest BCUT2D eigenvalue weighted by Gasteiger charge is 2.28. The van der Waals surface area contributed by atoms with E-state index in [1.807, 2.05) is 32.0 Å². The molecule has 1 aromatic carbocycles. The van der Waals surface area contributed by atoms with Crippen LogP contribution < -0.4 is 16.4 Å². The molecule has 0 heterocycles. The van der Waals surface area contributed by atoms with Gasteiger partial charge in [0.2, 0.25) is 5.91 Å². The van der Waals surface area contributed by atoms with Crippen molar-refractivity contribution in [2.45, 2.75) is 43.7 Å². The number of hydrogen-bond acceptors (Lipinski definition) is 4. The van der Waals surface area contributed by atoms with Gasteiger partial charge in [-0.3, -0.25) is 9.59 Å². The molecular weight excluding hydrogens is 310 g/mol. The van der Waals surface area contributed by atoms with Crippen molar-refractivity contribution < 1.29 is 9.59 Å². The lowest BCUT2D eigenvalue weighted by atomic mass is 10.2. The Balaban J connectivity index is 1.90. The first-order chi connectivity index (χ1) is 11.0. The number of rotatable bonds is 8. The molecule has 1 unspecified atom stereocenters. The maximum Gasteiger partial charge on any atom is 0.252 e. The third kappa shape index (κ3) is 5.88. The van der Waals surface area contributed by atoms with Gasteiger partial charge >= 0.3 is 0 Å². The van der Waals surface area contributed by atoms with Crippen LogP contribution in [0.3, 0.4) is 0 Å². The molecule has 4 N–H and O–H groups in total. The van der Waals surface area contributed by atoms with E-state index >= 15 is 0 Å². The van der Waals surface area contributed by atoms with Gasteiger partial charge in [0.05, 0.1) is 11.3 Å². The molecule has 0 radical (unpaired) electrons. The van der Waals surface area contributed by atoms with Crippen molar-refractivity contribution in [3.05, 3.63) is 29.8 Å². The highest BCUT2D eigenvalue weighted by molar-refractivity contribution is 8.00. The number of amides is 2. The zero-order chi connectivity index (χ0) is 16.8. The molecule has 126 valence electrons. The van der Waals surface area contributed by atoms with Crippen molar-refractivity contribution in [2.24, 2.45) is 11.7 Å². The van der Waals surface area contributed by atoms with Gasteiger partial charge in [0, 0.05) is 23.5 Å². The second-order valence-electron chi connectivity index (χ2n) is 6.22. The van der Waals surface area contributed by atoms with Crippen molar-refractivity contribution in [3.8, 4) is 0 Å². The van der Waals surface area contributed by atoms with Gasteiger partial charge < -0.3 is 16.4 Å². The lowest BCUT2D eigenvalue weighted by Gasteiger charge is -2.14. The van der Waals surface area contributed by atoms with Crippen molar-refractivity contribution in [1.29, 1.82) is 0 Å². The number of benzene rings is 1. The molecule has 0 saturated heterocycles. The quantitative estimate of drug-likeness (QED) is 0.632. The molecule has 1 aromatic rings. The van der Waals surface area contributed by atoms with Crippen molar-refractivity contribution in [3.63, 3.8) is 0 Å². The summed E-state index contributed by atoms with van der Waals surface area (Å²) >= 11 is 1.37. The summed E-state index contributed by atoms with van der Waals surface area (Å²) in [7, 11) is 0. The summed E-state index contributed by atoms with van der Waals surface area (Å²) in [5, 5.41) is 5.75. The number of thioether (sulfide) groups is 1. The smallest absolute Gasteiger partial charge is 0.252 e. The molecule has 0 aliphatic heterocycles. The molecule has 23 heavy (non-hydrogen) atoms. The number of hydrogen-bond donors (Lipinski definition) is 3. The Hall–Kier alpha value is -1.53. The van der Waals surface area contributed by atoms with E-state index in [1.54, 1.807) is 6.07 Å². The van der Waals surface area contributed by atoms with E-state index < -0.39 is 0 Å². The van der Waals surface area contributed by atoms with Crippen LogP contribution in [0, 0.1) is 5.92 Å². The van der Waals surface area contributed by atoms with Gasteiger partial charge in [-0.25, -0.2) is 0 Å². The summed E-state index contributed by atoms with van der Waals surface area (Å²) in [6.45, 7) is 4.34. The zero-order valence-electron chi connectivity index (χ0n) is 13.7. The van der Waals surface area contributed by atoms with Crippen LogP contribution in [0.25, 0.3) is 0 Å². The maximum atomic E-state index is 12.4. The van der Waals surface area contributed by atoms with Gasteiger partial charge in [-0.1, -0.05) is 12.1 Å². The molecule has 1 aliphatic rings. The Kier molecular flexibility index (Phi) is 6.47. The van der Waals surface area contributed by atoms with E-state index in [2.05, 4.69) is 10.6 Å². The van der Waals surface area contributed by atoms with Crippen molar-refractivity contribution >= 4 is 23.6 Å². The number of carbonyl (C=O) groups excluding carboxylic acids is 2. The van der Waals surface area contributed by atoms with Crippen LogP contribution in [0.5, 0.6) is 0 Å². The first kappa shape index (κ1) is 17.8.